The van der Waals surface area contributed by atoms with Gasteiger partial charge in [0.2, 0.25) is 0 Å². The smallest absolute Gasteiger partial charge is 0.123 e. The second kappa shape index (κ2) is 18.4. The fraction of sp³-hybridized carbons (Fsp3) is 0.351. The van der Waals surface area contributed by atoms with E-state index in [9.17, 15) is 4.39 Å². The van der Waals surface area contributed by atoms with E-state index >= 15 is 0 Å². The Hall–Kier alpha value is -2.90. The fourth-order valence-electron chi connectivity index (χ4n) is 3.48. The molecular formula is C37H48ClF. The molecule has 39 heavy (non-hydrogen) atoms. The Bertz CT molecular complexity index is 1020. The van der Waals surface area contributed by atoms with E-state index in [1.807, 2.05) is 30.3 Å². The van der Waals surface area contributed by atoms with Crippen molar-refractivity contribution < 1.29 is 4.39 Å². The molecule has 0 N–H and O–H groups in total. The molecule has 0 amide bonds. The number of benzene rings is 4. The van der Waals surface area contributed by atoms with Crippen LogP contribution >= 0.6 is 11.6 Å². The molecule has 0 aliphatic heterocycles. The Morgan fingerprint density at radius 2 is 0.744 bits per heavy atom. The molecule has 0 aliphatic carbocycles. The summed E-state index contributed by atoms with van der Waals surface area (Å²) in [4.78, 5) is 0. The highest BCUT2D eigenvalue weighted by Crippen LogP contribution is 2.17. The zero-order valence-corrected chi connectivity index (χ0v) is 26.1. The van der Waals surface area contributed by atoms with E-state index < -0.39 is 0 Å². The summed E-state index contributed by atoms with van der Waals surface area (Å²) < 4.78 is 12.4. The van der Waals surface area contributed by atoms with Crippen LogP contribution in [0.25, 0.3) is 0 Å². The number of hydrogen-bond donors (Lipinski definition) is 0. The summed E-state index contributed by atoms with van der Waals surface area (Å²) in [5.41, 5.74) is 6.69. The molecule has 0 atom stereocenters. The van der Waals surface area contributed by atoms with Gasteiger partial charge in [0.1, 0.15) is 5.82 Å². The van der Waals surface area contributed by atoms with Crippen molar-refractivity contribution in [1.82, 2.24) is 0 Å². The SMILES string of the molecule is CC(C)c1ccc(Cl)cc1.CC(C)c1ccc(F)cc1.CC(C)c1ccccc1.Cc1ccc(C(C)C)cc1. The molecule has 4 aromatic carbocycles. The molecule has 0 aromatic heterocycles. The summed E-state index contributed by atoms with van der Waals surface area (Å²) in [6.07, 6.45) is 0. The van der Waals surface area contributed by atoms with Crippen LogP contribution in [0, 0.1) is 12.7 Å². The molecule has 0 saturated heterocycles. The number of aryl methyl sites for hydroxylation is 1. The lowest BCUT2D eigenvalue weighted by molar-refractivity contribution is 0.626. The lowest BCUT2D eigenvalue weighted by atomic mass is 10.0. The van der Waals surface area contributed by atoms with Gasteiger partial charge in [-0.1, -0.05) is 151 Å². The summed E-state index contributed by atoms with van der Waals surface area (Å²) in [5, 5.41) is 0.810. The second-order valence-corrected chi connectivity index (χ2v) is 11.5. The quantitative estimate of drug-likeness (QED) is 0.239. The van der Waals surface area contributed by atoms with Gasteiger partial charge in [0.25, 0.3) is 0 Å². The number of rotatable bonds is 4. The van der Waals surface area contributed by atoms with E-state index in [1.54, 1.807) is 0 Å². The van der Waals surface area contributed by atoms with Gasteiger partial charge in [0.05, 0.1) is 0 Å². The first kappa shape index (κ1) is 34.1. The first-order valence-electron chi connectivity index (χ1n) is 14.0. The molecule has 0 saturated carbocycles. The summed E-state index contributed by atoms with van der Waals surface area (Å²) >= 11 is 5.72. The normalized spacial score (nSPS) is 10.3. The van der Waals surface area contributed by atoms with Crippen LogP contribution in [0.3, 0.4) is 0 Å². The Kier molecular flexibility index (Phi) is 16.1. The van der Waals surface area contributed by atoms with Crippen LogP contribution in [-0.4, -0.2) is 0 Å². The van der Waals surface area contributed by atoms with Crippen LogP contribution in [-0.2, 0) is 0 Å². The molecule has 0 nitrogen and oxygen atoms in total. The highest BCUT2D eigenvalue weighted by Gasteiger charge is 1.98. The van der Waals surface area contributed by atoms with E-state index in [0.717, 1.165) is 5.02 Å². The van der Waals surface area contributed by atoms with Crippen molar-refractivity contribution >= 4 is 11.6 Å². The third-order valence-electron chi connectivity index (χ3n) is 6.28. The van der Waals surface area contributed by atoms with Gasteiger partial charge in [-0.2, -0.15) is 0 Å². The number of hydrogen-bond acceptors (Lipinski definition) is 0. The van der Waals surface area contributed by atoms with Gasteiger partial charge in [-0.3, -0.25) is 0 Å². The molecule has 0 fully saturated rings. The van der Waals surface area contributed by atoms with Crippen LogP contribution in [0.2, 0.25) is 5.02 Å². The molecule has 0 heterocycles. The zero-order valence-electron chi connectivity index (χ0n) is 25.4. The van der Waals surface area contributed by atoms with Gasteiger partial charge in [-0.05, 0) is 77.1 Å². The van der Waals surface area contributed by atoms with Crippen molar-refractivity contribution in [3.05, 3.63) is 142 Å². The van der Waals surface area contributed by atoms with Crippen molar-refractivity contribution in [3.63, 3.8) is 0 Å². The standard InChI is InChI=1S/C10H14.C9H11Cl.C9H11F.C9H12/c1-8(2)10-6-4-9(3)5-7-10;2*1-7(2)8-3-5-9(10)6-4-8;1-8(2)9-6-4-3-5-7-9/h4-8H,1-3H3;2*3-7H,1-2H3;3-8H,1-2H3. The van der Waals surface area contributed by atoms with Crippen LogP contribution in [0.15, 0.2) is 103 Å². The topological polar surface area (TPSA) is 0 Å². The van der Waals surface area contributed by atoms with Crippen molar-refractivity contribution in [3.8, 4) is 0 Å². The minimum absolute atomic E-state index is 0.163. The van der Waals surface area contributed by atoms with Crippen LogP contribution in [0.5, 0.6) is 0 Å². The molecule has 0 aliphatic rings. The van der Waals surface area contributed by atoms with E-state index in [-0.39, 0.29) is 5.82 Å². The molecule has 4 aromatic rings. The minimum Gasteiger partial charge on any atom is -0.207 e. The highest BCUT2D eigenvalue weighted by molar-refractivity contribution is 6.30. The first-order chi connectivity index (χ1) is 18.4. The first-order valence-corrected chi connectivity index (χ1v) is 14.4. The lowest BCUT2D eigenvalue weighted by Crippen LogP contribution is -1.85. The maximum Gasteiger partial charge on any atom is 0.123 e. The molecule has 0 radical (unpaired) electrons. The Morgan fingerprint density at radius 3 is 1.08 bits per heavy atom. The third kappa shape index (κ3) is 14.7. The summed E-state index contributed by atoms with van der Waals surface area (Å²) in [5.74, 6) is 2.23. The Labute approximate surface area is 243 Å². The molecule has 0 spiro atoms. The number of halogens is 2. The Morgan fingerprint density at radius 1 is 0.436 bits per heavy atom. The molecule has 4 rings (SSSR count). The molecule has 0 bridgehead atoms. The van der Waals surface area contributed by atoms with Gasteiger partial charge in [0, 0.05) is 5.02 Å². The third-order valence-corrected chi connectivity index (χ3v) is 6.54. The maximum absolute atomic E-state index is 12.4. The summed E-state index contributed by atoms with van der Waals surface area (Å²) in [7, 11) is 0. The largest absolute Gasteiger partial charge is 0.207 e. The van der Waals surface area contributed by atoms with Crippen LogP contribution < -0.4 is 0 Å². The van der Waals surface area contributed by atoms with E-state index in [0.29, 0.717) is 23.7 Å². The van der Waals surface area contributed by atoms with Gasteiger partial charge >= 0.3 is 0 Å². The van der Waals surface area contributed by atoms with Gasteiger partial charge in [-0.25, -0.2) is 4.39 Å². The van der Waals surface area contributed by atoms with Crippen molar-refractivity contribution in [1.29, 1.82) is 0 Å². The molecule has 2 heteroatoms. The van der Waals surface area contributed by atoms with E-state index in [1.165, 1.54) is 39.9 Å². The molecule has 210 valence electrons. The monoisotopic (exact) mass is 546 g/mol. The fourth-order valence-corrected chi connectivity index (χ4v) is 3.61. The average Bonchev–Trinajstić information content (AvgIpc) is 2.91. The van der Waals surface area contributed by atoms with E-state index in [4.69, 9.17) is 11.6 Å². The predicted octanol–water partition coefficient (Wildman–Crippen LogP) is 12.3. The summed E-state index contributed by atoms with van der Waals surface area (Å²) in [6.45, 7) is 19.5. The predicted molar refractivity (Wildman–Crippen MR) is 172 cm³/mol. The van der Waals surface area contributed by atoms with Crippen molar-refractivity contribution in [2.75, 3.05) is 0 Å². The zero-order chi connectivity index (χ0) is 29.4. The van der Waals surface area contributed by atoms with Gasteiger partial charge < -0.3 is 0 Å². The van der Waals surface area contributed by atoms with Crippen molar-refractivity contribution in [2.45, 2.75) is 86.0 Å². The molecular weight excluding hydrogens is 499 g/mol. The average molecular weight is 547 g/mol. The highest BCUT2D eigenvalue weighted by atomic mass is 35.5. The minimum atomic E-state index is -0.163. The Balaban J connectivity index is 0.000000260. The van der Waals surface area contributed by atoms with Gasteiger partial charge in [-0.15, -0.1) is 0 Å². The molecule has 0 unspecified atom stereocenters. The van der Waals surface area contributed by atoms with Crippen molar-refractivity contribution in [2.24, 2.45) is 0 Å². The second-order valence-electron chi connectivity index (χ2n) is 11.0. The lowest BCUT2D eigenvalue weighted by Gasteiger charge is -2.03. The van der Waals surface area contributed by atoms with Crippen LogP contribution in [0.4, 0.5) is 4.39 Å². The van der Waals surface area contributed by atoms with Gasteiger partial charge in [0.15, 0.2) is 0 Å². The van der Waals surface area contributed by atoms with E-state index in [2.05, 4.69) is 123 Å². The van der Waals surface area contributed by atoms with Crippen LogP contribution in [0.1, 0.15) is 107 Å². The summed E-state index contributed by atoms with van der Waals surface area (Å²) in [6, 6.07) is 33.8. The maximum atomic E-state index is 12.4.